The van der Waals surface area contributed by atoms with Gasteiger partial charge in [-0.25, -0.2) is 0 Å². The normalized spacial score (nSPS) is 15.7. The van der Waals surface area contributed by atoms with Gasteiger partial charge in [0.05, 0.1) is 5.57 Å². The molecular weight excluding hydrogens is 260 g/mol. The lowest BCUT2D eigenvalue weighted by molar-refractivity contribution is -0.113. The Hall–Kier alpha value is -2.69. The molecule has 2 aliphatic rings. The van der Waals surface area contributed by atoms with E-state index in [4.69, 9.17) is 4.74 Å². The number of carbonyl (C=O) groups excluding carboxylic acids is 2. The molecular formula is C15H10O5. The van der Waals surface area contributed by atoms with Crippen LogP contribution in [0.2, 0.25) is 0 Å². The Morgan fingerprint density at radius 1 is 1.25 bits per heavy atom. The molecule has 0 saturated carbocycles. The van der Waals surface area contributed by atoms with E-state index in [0.717, 1.165) is 12.1 Å². The number of aromatic hydroxyl groups is 1. The largest absolute Gasteiger partial charge is 0.504 e. The van der Waals surface area contributed by atoms with Gasteiger partial charge in [0.2, 0.25) is 0 Å². The Bertz CT molecular complexity index is 812. The monoisotopic (exact) mass is 270 g/mol. The maximum absolute atomic E-state index is 12.3. The van der Waals surface area contributed by atoms with Gasteiger partial charge in [-0.2, -0.15) is 0 Å². The van der Waals surface area contributed by atoms with Crippen LogP contribution >= 0.6 is 0 Å². The van der Waals surface area contributed by atoms with E-state index in [0.29, 0.717) is 16.9 Å². The fourth-order valence-corrected chi connectivity index (χ4v) is 2.53. The van der Waals surface area contributed by atoms with Gasteiger partial charge < -0.3 is 9.84 Å². The molecule has 0 amide bonds. The number of hydrogen-bond acceptors (Lipinski definition) is 5. The van der Waals surface area contributed by atoms with Crippen molar-refractivity contribution in [2.24, 2.45) is 0 Å². The van der Waals surface area contributed by atoms with Crippen LogP contribution in [0.4, 0.5) is 0 Å². The Kier molecular flexibility index (Phi) is 2.41. The molecule has 0 atom stereocenters. The summed E-state index contributed by atoms with van der Waals surface area (Å²) < 4.78 is 5.42. The molecule has 5 nitrogen and oxygen atoms in total. The highest BCUT2D eigenvalue weighted by Gasteiger charge is 2.36. The zero-order valence-electron chi connectivity index (χ0n) is 10.8. The zero-order chi connectivity index (χ0) is 14.6. The summed E-state index contributed by atoms with van der Waals surface area (Å²) in [7, 11) is 0. The molecule has 0 spiro atoms. The summed E-state index contributed by atoms with van der Waals surface area (Å²) in [6.45, 7) is 2.93. The predicted molar refractivity (Wildman–Crippen MR) is 70.7 cm³/mol. The van der Waals surface area contributed by atoms with E-state index in [9.17, 15) is 19.5 Å². The van der Waals surface area contributed by atoms with E-state index in [1.165, 1.54) is 6.92 Å². The lowest BCUT2D eigenvalue weighted by Gasteiger charge is -2.16. The molecule has 100 valence electrons. The van der Waals surface area contributed by atoms with Crippen LogP contribution in [0.3, 0.4) is 0 Å². The van der Waals surface area contributed by atoms with Gasteiger partial charge in [0.25, 0.3) is 0 Å². The summed E-state index contributed by atoms with van der Waals surface area (Å²) >= 11 is 0. The summed E-state index contributed by atoms with van der Waals surface area (Å²) in [6.07, 6.45) is 1.57. The number of ether oxygens (including phenoxy) is 1. The predicted octanol–water partition coefficient (Wildman–Crippen LogP) is 1.59. The van der Waals surface area contributed by atoms with E-state index >= 15 is 0 Å². The maximum atomic E-state index is 12.3. The second-order valence-corrected chi connectivity index (χ2v) is 4.73. The van der Waals surface area contributed by atoms with E-state index in [2.05, 4.69) is 0 Å². The lowest BCUT2D eigenvalue weighted by atomic mass is 10.0. The standard InChI is InChI=1S/C15H10O5/c1-6-3-9-12(7(2)16)14(19)10-4-8(17)5-11(18)15(20-6)13(9)10/h3-5,18H,1-2H3. The van der Waals surface area contributed by atoms with Crippen LogP contribution in [0.1, 0.15) is 29.8 Å². The third-order valence-corrected chi connectivity index (χ3v) is 3.27. The van der Waals surface area contributed by atoms with Crippen molar-refractivity contribution in [3.63, 3.8) is 0 Å². The maximum Gasteiger partial charge on any atom is 0.198 e. The van der Waals surface area contributed by atoms with Crippen molar-refractivity contribution in [1.82, 2.24) is 0 Å². The van der Waals surface area contributed by atoms with Crippen LogP contribution in [0.15, 0.2) is 34.3 Å². The molecule has 1 aromatic rings. The van der Waals surface area contributed by atoms with Gasteiger partial charge in [0, 0.05) is 22.8 Å². The molecule has 1 heterocycles. The molecule has 0 bridgehead atoms. The third-order valence-electron chi connectivity index (χ3n) is 3.27. The van der Waals surface area contributed by atoms with Gasteiger partial charge in [-0.05, 0) is 26.0 Å². The van der Waals surface area contributed by atoms with E-state index < -0.39 is 11.2 Å². The van der Waals surface area contributed by atoms with Gasteiger partial charge in [-0.3, -0.25) is 14.4 Å². The molecule has 0 aromatic heterocycles. The molecule has 1 aliphatic heterocycles. The molecule has 1 aromatic carbocycles. The fourth-order valence-electron chi connectivity index (χ4n) is 2.53. The summed E-state index contributed by atoms with van der Waals surface area (Å²) in [4.78, 5) is 35.7. The van der Waals surface area contributed by atoms with Crippen LogP contribution in [-0.4, -0.2) is 16.7 Å². The number of carbonyl (C=O) groups is 2. The van der Waals surface area contributed by atoms with E-state index in [-0.39, 0.29) is 28.4 Å². The highest BCUT2D eigenvalue weighted by molar-refractivity contribution is 6.36. The molecule has 0 saturated heterocycles. The number of allylic oxidation sites excluding steroid dienone is 4. The van der Waals surface area contributed by atoms with Gasteiger partial charge in [0.1, 0.15) is 5.76 Å². The van der Waals surface area contributed by atoms with Crippen molar-refractivity contribution in [3.05, 3.63) is 50.9 Å². The van der Waals surface area contributed by atoms with E-state index in [1.807, 2.05) is 0 Å². The average Bonchev–Trinajstić information content (AvgIpc) is 2.52. The second-order valence-electron chi connectivity index (χ2n) is 4.73. The van der Waals surface area contributed by atoms with Crippen molar-refractivity contribution in [1.29, 1.82) is 0 Å². The summed E-state index contributed by atoms with van der Waals surface area (Å²) in [5.74, 6) is -0.764. The SMILES string of the molecule is CC(=O)C1=C2C=C(C)Oc3c(O)cc(=O)cc(c32)C1=O. The Morgan fingerprint density at radius 2 is 1.95 bits per heavy atom. The van der Waals surface area contributed by atoms with Crippen molar-refractivity contribution in [3.8, 4) is 11.5 Å². The first-order valence-corrected chi connectivity index (χ1v) is 5.98. The number of Topliss-reactive ketones (excluding diaryl/α,β-unsaturated/α-hetero) is 2. The minimum Gasteiger partial charge on any atom is -0.504 e. The molecule has 3 rings (SSSR count). The average molecular weight is 270 g/mol. The molecule has 0 radical (unpaired) electrons. The highest BCUT2D eigenvalue weighted by atomic mass is 16.5. The molecule has 20 heavy (non-hydrogen) atoms. The number of rotatable bonds is 1. The fraction of sp³-hybridized carbons (Fsp3) is 0.133. The van der Waals surface area contributed by atoms with Crippen LogP contribution in [-0.2, 0) is 4.79 Å². The van der Waals surface area contributed by atoms with Gasteiger partial charge in [-0.15, -0.1) is 0 Å². The second kappa shape index (κ2) is 3.90. The molecule has 1 N–H and O–H groups in total. The highest BCUT2D eigenvalue weighted by Crippen LogP contribution is 2.46. The molecule has 1 aliphatic carbocycles. The lowest BCUT2D eigenvalue weighted by Crippen LogP contribution is -2.08. The first-order valence-electron chi connectivity index (χ1n) is 5.98. The van der Waals surface area contributed by atoms with Gasteiger partial charge >= 0.3 is 0 Å². The zero-order valence-corrected chi connectivity index (χ0v) is 10.8. The summed E-state index contributed by atoms with van der Waals surface area (Å²) in [5.41, 5.74) is 0.307. The first-order chi connectivity index (χ1) is 9.40. The van der Waals surface area contributed by atoms with Crippen molar-refractivity contribution < 1.29 is 19.4 Å². The van der Waals surface area contributed by atoms with Gasteiger partial charge in [-0.1, -0.05) is 0 Å². The van der Waals surface area contributed by atoms with E-state index in [1.54, 1.807) is 13.0 Å². The van der Waals surface area contributed by atoms with Crippen LogP contribution < -0.4 is 10.2 Å². The number of ketones is 2. The topological polar surface area (TPSA) is 80.7 Å². The quantitative estimate of drug-likeness (QED) is 0.784. The Balaban J connectivity index is 2.52. The van der Waals surface area contributed by atoms with Crippen molar-refractivity contribution >= 4 is 17.1 Å². The Morgan fingerprint density at radius 3 is 2.60 bits per heavy atom. The molecule has 0 unspecified atom stereocenters. The minimum atomic E-state index is -0.523. The van der Waals surface area contributed by atoms with Crippen LogP contribution in [0.25, 0.3) is 5.57 Å². The summed E-state index contributed by atoms with van der Waals surface area (Å²) in [6, 6.07) is 2.11. The number of hydrogen-bond donors (Lipinski definition) is 1. The van der Waals surface area contributed by atoms with Crippen molar-refractivity contribution in [2.75, 3.05) is 0 Å². The van der Waals surface area contributed by atoms with Crippen LogP contribution in [0, 0.1) is 0 Å². The first kappa shape index (κ1) is 12.3. The molecule has 0 fully saturated rings. The third kappa shape index (κ3) is 1.53. The Labute approximate surface area is 113 Å². The minimum absolute atomic E-state index is 0.0221. The smallest absolute Gasteiger partial charge is 0.198 e. The van der Waals surface area contributed by atoms with Gasteiger partial charge in [0.15, 0.2) is 28.5 Å². The molecule has 5 heteroatoms. The van der Waals surface area contributed by atoms with Crippen molar-refractivity contribution in [2.45, 2.75) is 13.8 Å². The van der Waals surface area contributed by atoms with Crippen LogP contribution in [0.5, 0.6) is 11.5 Å². The summed E-state index contributed by atoms with van der Waals surface area (Å²) in [5, 5.41) is 9.93.